The SMILES string of the molecule is O=C(Nc1ccc(N2CCNCC2)cc1)c1ccn2ncc(-c3cccc(CF)c3)c2n1. The second-order valence-electron chi connectivity index (χ2n) is 7.71. The average Bonchev–Trinajstić information content (AvgIpc) is 3.28. The summed E-state index contributed by atoms with van der Waals surface area (Å²) in [6.07, 6.45) is 3.38. The van der Waals surface area contributed by atoms with Crippen LogP contribution >= 0.6 is 0 Å². The van der Waals surface area contributed by atoms with Crippen LogP contribution in [0.5, 0.6) is 0 Å². The van der Waals surface area contributed by atoms with E-state index in [2.05, 4.69) is 25.6 Å². The lowest BCUT2D eigenvalue weighted by molar-refractivity contribution is 0.102. The number of hydrogen-bond acceptors (Lipinski definition) is 5. The summed E-state index contributed by atoms with van der Waals surface area (Å²) < 4.78 is 14.7. The van der Waals surface area contributed by atoms with E-state index in [1.807, 2.05) is 30.3 Å². The van der Waals surface area contributed by atoms with Crippen LogP contribution in [-0.2, 0) is 6.67 Å². The minimum atomic E-state index is -0.540. The standard InChI is InChI=1S/C24H23FN6O/c25-15-17-2-1-3-18(14-17)21-16-27-31-11-8-22(29-23(21)31)24(32)28-19-4-6-20(7-5-19)30-12-9-26-10-13-30/h1-8,11,14,16,26H,9-10,12-13,15H2,(H,28,32). The summed E-state index contributed by atoms with van der Waals surface area (Å²) in [7, 11) is 0. The van der Waals surface area contributed by atoms with E-state index in [0.717, 1.165) is 43.0 Å². The molecule has 2 aromatic carbocycles. The number of alkyl halides is 1. The van der Waals surface area contributed by atoms with E-state index in [1.54, 1.807) is 41.2 Å². The third-order valence-electron chi connectivity index (χ3n) is 5.60. The van der Waals surface area contributed by atoms with Gasteiger partial charge in [0.15, 0.2) is 5.65 Å². The maximum atomic E-state index is 13.1. The van der Waals surface area contributed by atoms with Crippen LogP contribution in [0.25, 0.3) is 16.8 Å². The molecule has 162 valence electrons. The van der Waals surface area contributed by atoms with Gasteiger partial charge in [-0.1, -0.05) is 18.2 Å². The van der Waals surface area contributed by atoms with Gasteiger partial charge in [-0.2, -0.15) is 5.10 Å². The third-order valence-corrected chi connectivity index (χ3v) is 5.60. The van der Waals surface area contributed by atoms with Crippen LogP contribution in [-0.4, -0.2) is 46.7 Å². The van der Waals surface area contributed by atoms with Crippen LogP contribution in [0.1, 0.15) is 16.1 Å². The minimum absolute atomic E-state index is 0.284. The van der Waals surface area contributed by atoms with Crippen molar-refractivity contribution in [1.29, 1.82) is 0 Å². The first-order chi connectivity index (χ1) is 15.7. The third kappa shape index (κ3) is 4.04. The number of fused-ring (bicyclic) bond motifs is 1. The van der Waals surface area contributed by atoms with Gasteiger partial charge in [-0.3, -0.25) is 4.79 Å². The molecule has 0 radical (unpaired) electrons. The molecule has 4 aromatic rings. The molecule has 0 unspecified atom stereocenters. The van der Waals surface area contributed by atoms with Crippen LogP contribution in [0.15, 0.2) is 67.0 Å². The fraction of sp³-hybridized carbons (Fsp3) is 0.208. The first kappa shape index (κ1) is 20.1. The largest absolute Gasteiger partial charge is 0.369 e. The highest BCUT2D eigenvalue weighted by molar-refractivity contribution is 6.03. The van der Waals surface area contributed by atoms with Crippen LogP contribution in [0, 0.1) is 0 Å². The number of carbonyl (C=O) groups excluding carboxylic acids is 1. The number of rotatable bonds is 5. The van der Waals surface area contributed by atoms with Crippen molar-refractivity contribution in [2.45, 2.75) is 6.67 Å². The lowest BCUT2D eigenvalue weighted by atomic mass is 10.1. The van der Waals surface area contributed by atoms with Gasteiger partial charge in [0.25, 0.3) is 5.91 Å². The van der Waals surface area contributed by atoms with Crippen molar-refractivity contribution >= 4 is 22.9 Å². The summed E-state index contributed by atoms with van der Waals surface area (Å²) in [6, 6.07) is 16.7. The molecule has 2 N–H and O–H groups in total. The van der Waals surface area contributed by atoms with E-state index in [-0.39, 0.29) is 11.6 Å². The van der Waals surface area contributed by atoms with Gasteiger partial charge in [0.05, 0.1) is 6.20 Å². The smallest absolute Gasteiger partial charge is 0.274 e. The van der Waals surface area contributed by atoms with Gasteiger partial charge in [0.2, 0.25) is 0 Å². The molecule has 1 saturated heterocycles. The van der Waals surface area contributed by atoms with E-state index in [1.165, 1.54) is 0 Å². The molecular weight excluding hydrogens is 407 g/mol. The van der Waals surface area contributed by atoms with E-state index in [9.17, 15) is 9.18 Å². The molecule has 1 fully saturated rings. The Bertz CT molecular complexity index is 1250. The number of benzene rings is 2. The molecule has 8 heteroatoms. The summed E-state index contributed by atoms with van der Waals surface area (Å²) in [5.74, 6) is -0.299. The van der Waals surface area contributed by atoms with E-state index in [0.29, 0.717) is 16.9 Å². The van der Waals surface area contributed by atoms with Crippen LogP contribution in [0.4, 0.5) is 15.8 Å². The number of carbonyl (C=O) groups is 1. The van der Waals surface area contributed by atoms with Gasteiger partial charge >= 0.3 is 0 Å². The molecule has 0 bridgehead atoms. The first-order valence-electron chi connectivity index (χ1n) is 10.6. The van der Waals surface area contributed by atoms with Gasteiger partial charge in [-0.05, 0) is 47.5 Å². The maximum absolute atomic E-state index is 13.1. The summed E-state index contributed by atoms with van der Waals surface area (Å²) >= 11 is 0. The first-order valence-corrected chi connectivity index (χ1v) is 10.6. The van der Waals surface area contributed by atoms with Crippen molar-refractivity contribution in [3.63, 3.8) is 0 Å². The Morgan fingerprint density at radius 3 is 2.69 bits per heavy atom. The average molecular weight is 430 g/mol. The van der Waals surface area contributed by atoms with Crippen molar-refractivity contribution in [1.82, 2.24) is 19.9 Å². The Labute approximate surface area is 184 Å². The maximum Gasteiger partial charge on any atom is 0.274 e. The molecule has 1 aliphatic heterocycles. The zero-order chi connectivity index (χ0) is 21.9. The fourth-order valence-electron chi connectivity index (χ4n) is 3.89. The second-order valence-corrected chi connectivity index (χ2v) is 7.71. The molecular formula is C24H23FN6O. The highest BCUT2D eigenvalue weighted by Crippen LogP contribution is 2.25. The Morgan fingerprint density at radius 1 is 1.09 bits per heavy atom. The quantitative estimate of drug-likeness (QED) is 0.507. The molecule has 2 aromatic heterocycles. The number of nitrogens with one attached hydrogen (secondary N) is 2. The monoisotopic (exact) mass is 430 g/mol. The topological polar surface area (TPSA) is 74.6 Å². The molecule has 7 nitrogen and oxygen atoms in total. The van der Waals surface area contributed by atoms with Crippen molar-refractivity contribution < 1.29 is 9.18 Å². The zero-order valence-electron chi connectivity index (χ0n) is 17.5. The molecule has 0 spiro atoms. The number of anilines is 2. The Kier molecular flexibility index (Phi) is 5.51. The normalized spacial score (nSPS) is 14.0. The van der Waals surface area contributed by atoms with Gasteiger partial charge in [0, 0.05) is 49.3 Å². The van der Waals surface area contributed by atoms with Crippen molar-refractivity contribution in [2.75, 3.05) is 36.4 Å². The fourth-order valence-corrected chi connectivity index (χ4v) is 3.89. The minimum Gasteiger partial charge on any atom is -0.369 e. The number of hydrogen-bond donors (Lipinski definition) is 2. The summed E-state index contributed by atoms with van der Waals surface area (Å²) in [5, 5.41) is 10.6. The second kappa shape index (κ2) is 8.76. The highest BCUT2D eigenvalue weighted by Gasteiger charge is 2.14. The highest BCUT2D eigenvalue weighted by atomic mass is 19.1. The van der Waals surface area contributed by atoms with Crippen molar-refractivity contribution in [2.24, 2.45) is 0 Å². The van der Waals surface area contributed by atoms with Crippen LogP contribution in [0.2, 0.25) is 0 Å². The molecule has 5 rings (SSSR count). The van der Waals surface area contributed by atoms with Gasteiger partial charge < -0.3 is 15.5 Å². The number of halogens is 1. The number of nitrogens with zero attached hydrogens (tertiary/aromatic N) is 4. The van der Waals surface area contributed by atoms with Crippen molar-refractivity contribution in [3.8, 4) is 11.1 Å². The lowest BCUT2D eigenvalue weighted by Crippen LogP contribution is -2.43. The Morgan fingerprint density at radius 2 is 1.91 bits per heavy atom. The predicted octanol–water partition coefficient (Wildman–Crippen LogP) is 3.53. The number of aromatic nitrogens is 3. The number of piperazine rings is 1. The Hall–Kier alpha value is -3.78. The van der Waals surface area contributed by atoms with Gasteiger partial charge in [-0.15, -0.1) is 0 Å². The summed E-state index contributed by atoms with van der Waals surface area (Å²) in [6.45, 7) is 3.35. The molecule has 3 heterocycles. The van der Waals surface area contributed by atoms with E-state index >= 15 is 0 Å². The van der Waals surface area contributed by atoms with Crippen molar-refractivity contribution in [3.05, 3.63) is 78.2 Å². The molecule has 0 saturated carbocycles. The summed E-state index contributed by atoms with van der Waals surface area (Å²) in [5.41, 5.74) is 4.82. The van der Waals surface area contributed by atoms with Crippen LogP contribution in [0.3, 0.4) is 0 Å². The molecule has 0 aliphatic carbocycles. The van der Waals surface area contributed by atoms with E-state index < -0.39 is 6.67 Å². The van der Waals surface area contributed by atoms with Crippen LogP contribution < -0.4 is 15.5 Å². The zero-order valence-corrected chi connectivity index (χ0v) is 17.5. The molecule has 32 heavy (non-hydrogen) atoms. The van der Waals surface area contributed by atoms with E-state index in [4.69, 9.17) is 0 Å². The Balaban J connectivity index is 1.36. The number of amides is 1. The van der Waals surface area contributed by atoms with Gasteiger partial charge in [0.1, 0.15) is 12.4 Å². The predicted molar refractivity (Wildman–Crippen MR) is 123 cm³/mol. The lowest BCUT2D eigenvalue weighted by Gasteiger charge is -2.29. The molecule has 1 amide bonds. The molecule has 1 aliphatic rings. The van der Waals surface area contributed by atoms with Gasteiger partial charge in [-0.25, -0.2) is 13.9 Å². The summed E-state index contributed by atoms with van der Waals surface area (Å²) in [4.78, 5) is 19.7. The molecule has 0 atom stereocenters.